The number of aromatic nitrogens is 3. The minimum atomic E-state index is -3.51. The Labute approximate surface area is 187 Å². The van der Waals surface area contributed by atoms with Crippen LogP contribution in [0.2, 0.25) is 0 Å². The van der Waals surface area contributed by atoms with Crippen LogP contribution in [0.4, 0.5) is 0 Å². The molecule has 2 aromatic heterocycles. The van der Waals surface area contributed by atoms with Gasteiger partial charge in [0, 0.05) is 55.1 Å². The van der Waals surface area contributed by atoms with Gasteiger partial charge >= 0.3 is 0 Å². The quantitative estimate of drug-likeness (QED) is 0.596. The summed E-state index contributed by atoms with van der Waals surface area (Å²) >= 11 is 0. The number of sulfonamides is 1. The van der Waals surface area contributed by atoms with E-state index in [1.165, 1.54) is 9.71 Å². The number of benzene rings is 1. The zero-order valence-electron chi connectivity index (χ0n) is 17.5. The first-order chi connectivity index (χ1) is 15.5. The third kappa shape index (κ3) is 5.30. The number of piperidine rings is 1. The molecule has 0 bridgehead atoms. The van der Waals surface area contributed by atoms with Gasteiger partial charge in [-0.1, -0.05) is 36.4 Å². The van der Waals surface area contributed by atoms with Crippen LogP contribution in [0.5, 0.6) is 0 Å². The molecule has 166 valence electrons. The largest absolute Gasteiger partial charge is 0.352 e. The van der Waals surface area contributed by atoms with Gasteiger partial charge in [0.1, 0.15) is 0 Å². The van der Waals surface area contributed by atoms with E-state index in [0.717, 1.165) is 11.1 Å². The predicted molar refractivity (Wildman–Crippen MR) is 122 cm³/mol. The zero-order valence-corrected chi connectivity index (χ0v) is 18.4. The molecule has 0 aliphatic carbocycles. The van der Waals surface area contributed by atoms with Crippen LogP contribution >= 0.6 is 0 Å². The summed E-state index contributed by atoms with van der Waals surface area (Å²) in [6.45, 7) is 0.982. The fraction of sp³-hybridized carbons (Fsp3) is 0.261. The van der Waals surface area contributed by atoms with Gasteiger partial charge in [-0.15, -0.1) is 0 Å². The van der Waals surface area contributed by atoms with E-state index < -0.39 is 10.0 Å². The van der Waals surface area contributed by atoms with Crippen molar-refractivity contribution in [1.82, 2.24) is 24.4 Å². The van der Waals surface area contributed by atoms with Crippen molar-refractivity contribution >= 4 is 22.0 Å². The van der Waals surface area contributed by atoms with Gasteiger partial charge in [-0.05, 0) is 36.6 Å². The van der Waals surface area contributed by atoms with Crippen LogP contribution in [-0.2, 0) is 21.4 Å². The third-order valence-electron chi connectivity index (χ3n) is 5.46. The highest BCUT2D eigenvalue weighted by Gasteiger charge is 2.29. The molecule has 4 rings (SSSR count). The Bertz CT molecular complexity index is 1170. The van der Waals surface area contributed by atoms with Gasteiger partial charge in [0.25, 0.3) is 0 Å². The Morgan fingerprint density at radius 2 is 1.84 bits per heavy atom. The summed E-state index contributed by atoms with van der Waals surface area (Å²) in [6, 6.07) is 14.8. The molecule has 32 heavy (non-hydrogen) atoms. The van der Waals surface area contributed by atoms with Crippen molar-refractivity contribution in [2.75, 3.05) is 13.1 Å². The van der Waals surface area contributed by atoms with Gasteiger partial charge in [0.05, 0.1) is 0 Å². The molecule has 1 aliphatic rings. The summed E-state index contributed by atoms with van der Waals surface area (Å²) < 4.78 is 28.3. The molecule has 1 fully saturated rings. The Kier molecular flexibility index (Phi) is 6.77. The first-order valence-electron chi connectivity index (χ1n) is 10.5. The van der Waals surface area contributed by atoms with Gasteiger partial charge in [0.2, 0.25) is 15.9 Å². The van der Waals surface area contributed by atoms with Crippen LogP contribution in [0.3, 0.4) is 0 Å². The van der Waals surface area contributed by atoms with Crippen LogP contribution in [-0.4, -0.2) is 46.5 Å². The van der Waals surface area contributed by atoms with E-state index in [1.54, 1.807) is 29.3 Å². The molecule has 1 N–H and O–H groups in total. The highest BCUT2D eigenvalue weighted by Crippen LogP contribution is 2.21. The van der Waals surface area contributed by atoms with E-state index in [0.29, 0.717) is 38.3 Å². The molecule has 0 saturated carbocycles. The van der Waals surface area contributed by atoms with Crippen molar-refractivity contribution in [2.24, 2.45) is 5.92 Å². The van der Waals surface area contributed by atoms with E-state index in [1.807, 2.05) is 48.5 Å². The molecule has 8 nitrogen and oxygen atoms in total. The van der Waals surface area contributed by atoms with Gasteiger partial charge in [-0.2, -0.15) is 9.40 Å². The lowest BCUT2D eigenvalue weighted by Crippen LogP contribution is -2.42. The first-order valence-corrected chi connectivity index (χ1v) is 12.0. The average molecular weight is 452 g/mol. The van der Waals surface area contributed by atoms with Crippen molar-refractivity contribution in [3.63, 3.8) is 0 Å². The van der Waals surface area contributed by atoms with Crippen LogP contribution in [0, 0.1) is 5.92 Å². The summed E-state index contributed by atoms with van der Waals surface area (Å²) in [7, 11) is -3.51. The number of hydrogen-bond acceptors (Lipinski definition) is 5. The second-order valence-electron chi connectivity index (χ2n) is 7.59. The van der Waals surface area contributed by atoms with Crippen molar-refractivity contribution in [3.05, 3.63) is 83.7 Å². The number of nitrogens with one attached hydrogen (secondary N) is 1. The van der Waals surface area contributed by atoms with Crippen LogP contribution < -0.4 is 5.32 Å². The second kappa shape index (κ2) is 9.88. The number of rotatable bonds is 7. The molecule has 3 aromatic rings. The highest BCUT2D eigenvalue weighted by molar-refractivity contribution is 7.92. The average Bonchev–Trinajstić information content (AvgIpc) is 3.37. The molecule has 9 heteroatoms. The lowest BCUT2D eigenvalue weighted by atomic mass is 9.97. The van der Waals surface area contributed by atoms with E-state index in [2.05, 4.69) is 15.4 Å². The normalized spacial score (nSPS) is 15.8. The highest BCUT2D eigenvalue weighted by atomic mass is 32.2. The van der Waals surface area contributed by atoms with Crippen molar-refractivity contribution in [1.29, 1.82) is 0 Å². The Morgan fingerprint density at radius 1 is 1.06 bits per heavy atom. The standard InChI is InChI=1S/C23H25N5O3S/c29-23(25-18-21-8-4-12-24-22(21)28-14-5-13-26-28)20-9-15-27(16-10-20)32(30,31)17-11-19-6-2-1-3-7-19/h1-8,11-14,17,20H,9-10,15-16,18H2,(H,25,29)/b17-11+. The number of amides is 1. The number of carbonyl (C=O) groups excluding carboxylic acids is 1. The van der Waals surface area contributed by atoms with Gasteiger partial charge < -0.3 is 5.32 Å². The van der Waals surface area contributed by atoms with E-state index >= 15 is 0 Å². The molecular weight excluding hydrogens is 426 g/mol. The van der Waals surface area contributed by atoms with Crippen LogP contribution in [0.1, 0.15) is 24.0 Å². The third-order valence-corrected chi connectivity index (χ3v) is 7.02. The molecule has 1 amide bonds. The molecule has 0 spiro atoms. The molecule has 0 atom stereocenters. The van der Waals surface area contributed by atoms with Gasteiger partial charge in [-0.25, -0.2) is 18.1 Å². The first kappa shape index (κ1) is 21.9. The number of pyridine rings is 1. The maximum Gasteiger partial charge on any atom is 0.236 e. The van der Waals surface area contributed by atoms with E-state index in [-0.39, 0.29) is 11.8 Å². The number of carbonyl (C=O) groups is 1. The molecule has 1 aromatic carbocycles. The van der Waals surface area contributed by atoms with Gasteiger partial charge in [0.15, 0.2) is 5.82 Å². The van der Waals surface area contributed by atoms with Crippen molar-refractivity contribution < 1.29 is 13.2 Å². The van der Waals surface area contributed by atoms with Gasteiger partial charge in [-0.3, -0.25) is 4.79 Å². The lowest BCUT2D eigenvalue weighted by molar-refractivity contribution is -0.126. The molecule has 3 heterocycles. The van der Waals surface area contributed by atoms with E-state index in [4.69, 9.17) is 0 Å². The summed E-state index contributed by atoms with van der Waals surface area (Å²) in [5, 5.41) is 8.41. The molecule has 0 radical (unpaired) electrons. The fourth-order valence-corrected chi connectivity index (χ4v) is 4.90. The maximum absolute atomic E-state index is 12.7. The maximum atomic E-state index is 12.7. The Morgan fingerprint density at radius 3 is 2.56 bits per heavy atom. The Balaban J connectivity index is 1.31. The number of hydrogen-bond donors (Lipinski definition) is 1. The molecule has 1 saturated heterocycles. The van der Waals surface area contributed by atoms with Crippen LogP contribution in [0.15, 0.2) is 72.5 Å². The molecular formula is C23H25N5O3S. The fourth-order valence-electron chi connectivity index (χ4n) is 3.68. The minimum absolute atomic E-state index is 0.0721. The lowest BCUT2D eigenvalue weighted by Gasteiger charge is -2.29. The minimum Gasteiger partial charge on any atom is -0.352 e. The topological polar surface area (TPSA) is 97.2 Å². The second-order valence-corrected chi connectivity index (χ2v) is 9.40. The Hall–Kier alpha value is -3.30. The molecule has 1 aliphatic heterocycles. The number of nitrogens with zero attached hydrogens (tertiary/aromatic N) is 4. The van der Waals surface area contributed by atoms with Crippen molar-refractivity contribution in [3.8, 4) is 5.82 Å². The summed E-state index contributed by atoms with van der Waals surface area (Å²) in [5.41, 5.74) is 1.69. The summed E-state index contributed by atoms with van der Waals surface area (Å²) in [5.74, 6) is 0.380. The van der Waals surface area contributed by atoms with E-state index in [9.17, 15) is 13.2 Å². The summed E-state index contributed by atoms with van der Waals surface area (Å²) in [6.07, 6.45) is 7.74. The molecule has 0 unspecified atom stereocenters. The van der Waals surface area contributed by atoms with Crippen LogP contribution in [0.25, 0.3) is 11.9 Å². The zero-order chi connectivity index (χ0) is 22.4. The predicted octanol–water partition coefficient (Wildman–Crippen LogP) is 2.60. The van der Waals surface area contributed by atoms with Crippen molar-refractivity contribution in [2.45, 2.75) is 19.4 Å². The monoisotopic (exact) mass is 451 g/mol. The summed E-state index contributed by atoms with van der Waals surface area (Å²) in [4.78, 5) is 17.1. The SMILES string of the molecule is O=C(NCc1cccnc1-n1cccn1)C1CCN(S(=O)(=O)/C=C/c2ccccc2)CC1. The smallest absolute Gasteiger partial charge is 0.236 e.